The van der Waals surface area contributed by atoms with Crippen LogP contribution in [0.4, 0.5) is 0 Å². The minimum absolute atomic E-state index is 0.199. The molecule has 1 aliphatic rings. The van der Waals surface area contributed by atoms with Crippen LogP contribution >= 0.6 is 11.3 Å². The zero-order valence-corrected chi connectivity index (χ0v) is 13.6. The molecule has 0 radical (unpaired) electrons. The fraction of sp³-hybridized carbons (Fsp3) is 0.562. The fourth-order valence-electron chi connectivity index (χ4n) is 3.08. The predicted octanol–water partition coefficient (Wildman–Crippen LogP) is 3.52. The largest absolute Gasteiger partial charge is 0.340 e. The molecule has 0 saturated heterocycles. The number of nitrogens with zero attached hydrogens (tertiary/aromatic N) is 3. The van der Waals surface area contributed by atoms with Crippen molar-refractivity contribution >= 4 is 17.2 Å². The smallest absolute Gasteiger partial charge is 0.227 e. The van der Waals surface area contributed by atoms with Crippen LogP contribution in [0.3, 0.4) is 0 Å². The molecule has 118 valence electrons. The molecule has 0 N–H and O–H groups in total. The van der Waals surface area contributed by atoms with Gasteiger partial charge in [-0.25, -0.2) is 0 Å². The molecule has 1 saturated carbocycles. The molecule has 0 spiro atoms. The molecule has 0 aromatic carbocycles. The molecule has 5 nitrogen and oxygen atoms in total. The highest BCUT2D eigenvalue weighted by Gasteiger charge is 2.25. The van der Waals surface area contributed by atoms with Crippen LogP contribution in [0.25, 0.3) is 11.4 Å². The predicted molar refractivity (Wildman–Crippen MR) is 85.6 cm³/mol. The molecule has 2 heterocycles. The Morgan fingerprint density at radius 2 is 2.27 bits per heavy atom. The van der Waals surface area contributed by atoms with E-state index in [-0.39, 0.29) is 5.91 Å². The summed E-state index contributed by atoms with van der Waals surface area (Å²) in [5.74, 6) is 1.34. The zero-order chi connectivity index (χ0) is 15.4. The third kappa shape index (κ3) is 3.38. The lowest BCUT2D eigenvalue weighted by Crippen LogP contribution is -2.38. The molecule has 6 heteroatoms. The van der Waals surface area contributed by atoms with Crippen molar-refractivity contribution in [1.29, 1.82) is 0 Å². The van der Waals surface area contributed by atoms with E-state index < -0.39 is 0 Å². The number of thiophene rings is 1. The summed E-state index contributed by atoms with van der Waals surface area (Å²) in [4.78, 5) is 18.8. The average Bonchev–Trinajstić information content (AvgIpc) is 3.26. The number of carbonyl (C=O) groups excluding carboxylic acids is 1. The number of rotatable bonds is 6. The molecule has 2 aromatic heterocycles. The molecule has 3 rings (SSSR count). The van der Waals surface area contributed by atoms with Crippen LogP contribution < -0.4 is 0 Å². The molecule has 0 atom stereocenters. The van der Waals surface area contributed by atoms with E-state index in [1.807, 2.05) is 21.7 Å². The van der Waals surface area contributed by atoms with Crippen LogP contribution in [0.1, 0.15) is 44.9 Å². The van der Waals surface area contributed by atoms with Gasteiger partial charge in [-0.2, -0.15) is 16.3 Å². The van der Waals surface area contributed by atoms with Crippen molar-refractivity contribution in [2.75, 3.05) is 6.54 Å². The van der Waals surface area contributed by atoms with E-state index in [1.54, 1.807) is 11.3 Å². The van der Waals surface area contributed by atoms with Crippen molar-refractivity contribution < 1.29 is 9.32 Å². The molecule has 1 aliphatic carbocycles. The van der Waals surface area contributed by atoms with E-state index in [4.69, 9.17) is 4.52 Å². The Morgan fingerprint density at radius 3 is 2.95 bits per heavy atom. The second kappa shape index (κ2) is 7.05. The fourth-order valence-corrected chi connectivity index (χ4v) is 3.71. The molecular weight excluding hydrogens is 298 g/mol. The van der Waals surface area contributed by atoms with Gasteiger partial charge in [-0.3, -0.25) is 4.79 Å². The molecule has 1 amide bonds. The van der Waals surface area contributed by atoms with Gasteiger partial charge in [0.15, 0.2) is 0 Å². The number of aromatic nitrogens is 2. The molecule has 22 heavy (non-hydrogen) atoms. The number of amides is 1. The van der Waals surface area contributed by atoms with Gasteiger partial charge in [0.05, 0.1) is 0 Å². The zero-order valence-electron chi connectivity index (χ0n) is 12.8. The summed E-state index contributed by atoms with van der Waals surface area (Å²) in [6.07, 6.45) is 5.71. The van der Waals surface area contributed by atoms with Gasteiger partial charge in [-0.15, -0.1) is 0 Å². The lowest BCUT2D eigenvalue weighted by molar-refractivity contribution is -0.133. The maximum absolute atomic E-state index is 12.4. The molecule has 0 unspecified atom stereocenters. The Balaban J connectivity index is 1.56. The maximum atomic E-state index is 12.4. The topological polar surface area (TPSA) is 59.2 Å². The highest BCUT2D eigenvalue weighted by molar-refractivity contribution is 7.08. The normalized spacial score (nSPS) is 15.3. The lowest BCUT2D eigenvalue weighted by atomic mass is 10.2. The highest BCUT2D eigenvalue weighted by atomic mass is 32.1. The van der Waals surface area contributed by atoms with Crippen LogP contribution in [0, 0.1) is 0 Å². The Hall–Kier alpha value is -1.69. The van der Waals surface area contributed by atoms with Crippen molar-refractivity contribution in [2.24, 2.45) is 0 Å². The highest BCUT2D eigenvalue weighted by Crippen LogP contribution is 2.24. The Labute approximate surface area is 134 Å². The maximum Gasteiger partial charge on any atom is 0.227 e. The van der Waals surface area contributed by atoms with Crippen molar-refractivity contribution in [3.63, 3.8) is 0 Å². The first-order chi connectivity index (χ1) is 10.8. The van der Waals surface area contributed by atoms with Crippen LogP contribution in [0.2, 0.25) is 0 Å². The Morgan fingerprint density at radius 1 is 1.45 bits per heavy atom. The quantitative estimate of drug-likeness (QED) is 0.817. The molecule has 1 fully saturated rings. The second-order valence-electron chi connectivity index (χ2n) is 5.64. The van der Waals surface area contributed by atoms with Crippen LogP contribution in [-0.2, 0) is 11.2 Å². The van der Waals surface area contributed by atoms with E-state index >= 15 is 0 Å². The summed E-state index contributed by atoms with van der Waals surface area (Å²) in [5.41, 5.74) is 0.965. The van der Waals surface area contributed by atoms with Gasteiger partial charge in [-0.05, 0) is 31.2 Å². The van der Waals surface area contributed by atoms with Gasteiger partial charge in [-0.1, -0.05) is 18.0 Å². The third-order valence-corrected chi connectivity index (χ3v) is 4.91. The first-order valence-corrected chi connectivity index (χ1v) is 8.87. The van der Waals surface area contributed by atoms with Crippen LogP contribution in [0.5, 0.6) is 0 Å². The summed E-state index contributed by atoms with van der Waals surface area (Å²) in [6, 6.07) is 2.39. The summed E-state index contributed by atoms with van der Waals surface area (Å²) < 4.78 is 5.25. The van der Waals surface area contributed by atoms with Gasteiger partial charge >= 0.3 is 0 Å². The Kier molecular flexibility index (Phi) is 4.87. The molecule has 2 aromatic rings. The van der Waals surface area contributed by atoms with E-state index in [1.165, 1.54) is 12.8 Å². The minimum atomic E-state index is 0.199. The summed E-state index contributed by atoms with van der Waals surface area (Å²) in [6.45, 7) is 2.84. The van der Waals surface area contributed by atoms with Crippen molar-refractivity contribution in [1.82, 2.24) is 15.0 Å². The van der Waals surface area contributed by atoms with E-state index in [9.17, 15) is 4.79 Å². The molecule has 0 aliphatic heterocycles. The Bertz CT molecular complexity index is 603. The minimum Gasteiger partial charge on any atom is -0.340 e. The summed E-state index contributed by atoms with van der Waals surface area (Å²) >= 11 is 1.60. The summed E-state index contributed by atoms with van der Waals surface area (Å²) in [7, 11) is 0. The van der Waals surface area contributed by atoms with Gasteiger partial charge in [0, 0.05) is 36.4 Å². The van der Waals surface area contributed by atoms with Crippen molar-refractivity contribution in [3.8, 4) is 11.4 Å². The molecule has 0 bridgehead atoms. The number of hydrogen-bond acceptors (Lipinski definition) is 5. The number of hydrogen-bond donors (Lipinski definition) is 0. The SMILES string of the molecule is CCN(C(=O)CCc1nc(-c2ccsc2)no1)C1CCCC1. The van der Waals surface area contributed by atoms with Gasteiger partial charge < -0.3 is 9.42 Å². The standard InChI is InChI=1S/C16H21N3O2S/c1-2-19(13-5-3-4-6-13)15(20)8-7-14-17-16(18-21-14)12-9-10-22-11-12/h9-11,13H,2-8H2,1H3. The summed E-state index contributed by atoms with van der Waals surface area (Å²) in [5, 5.41) is 7.94. The lowest BCUT2D eigenvalue weighted by Gasteiger charge is -2.27. The monoisotopic (exact) mass is 319 g/mol. The molecular formula is C16H21N3O2S. The first kappa shape index (κ1) is 15.2. The van der Waals surface area contributed by atoms with Crippen molar-refractivity contribution in [2.45, 2.75) is 51.5 Å². The van der Waals surface area contributed by atoms with E-state index in [0.717, 1.165) is 24.9 Å². The number of carbonyl (C=O) groups is 1. The van der Waals surface area contributed by atoms with Gasteiger partial charge in [0.1, 0.15) is 0 Å². The van der Waals surface area contributed by atoms with E-state index in [0.29, 0.717) is 30.6 Å². The van der Waals surface area contributed by atoms with Gasteiger partial charge in [0.2, 0.25) is 17.6 Å². The van der Waals surface area contributed by atoms with Gasteiger partial charge in [0.25, 0.3) is 0 Å². The number of aryl methyl sites for hydroxylation is 1. The van der Waals surface area contributed by atoms with Crippen LogP contribution in [-0.4, -0.2) is 33.5 Å². The van der Waals surface area contributed by atoms with E-state index in [2.05, 4.69) is 17.1 Å². The van der Waals surface area contributed by atoms with Crippen LogP contribution in [0.15, 0.2) is 21.3 Å². The second-order valence-corrected chi connectivity index (χ2v) is 6.42. The van der Waals surface area contributed by atoms with Crippen molar-refractivity contribution in [3.05, 3.63) is 22.7 Å². The first-order valence-electron chi connectivity index (χ1n) is 7.92. The average molecular weight is 319 g/mol. The third-order valence-electron chi connectivity index (χ3n) is 4.23.